The molecule has 0 saturated carbocycles. The number of amides is 2. The minimum atomic E-state index is -5.10. The number of benzene rings is 1. The third-order valence-corrected chi connectivity index (χ3v) is 3.26. The summed E-state index contributed by atoms with van der Waals surface area (Å²) in [6, 6.07) is -1.82. The number of H-pyrrole nitrogens is 1. The second kappa shape index (κ2) is 6.46. The molecule has 1 heterocycles. The summed E-state index contributed by atoms with van der Waals surface area (Å²) in [5, 5.41) is 10.0. The fourth-order valence-electron chi connectivity index (χ4n) is 2.12. The molecule has 0 aliphatic carbocycles. The zero-order valence-electron chi connectivity index (χ0n) is 12.6. The van der Waals surface area contributed by atoms with Gasteiger partial charge in [0.2, 0.25) is 0 Å². The molecule has 0 spiro atoms. The number of aromatic amines is 1. The first-order chi connectivity index (χ1) is 11.1. The van der Waals surface area contributed by atoms with Gasteiger partial charge in [0.1, 0.15) is 11.6 Å². The van der Waals surface area contributed by atoms with Crippen molar-refractivity contribution < 1.29 is 26.7 Å². The van der Waals surface area contributed by atoms with Crippen LogP contribution in [0.15, 0.2) is 18.2 Å². The van der Waals surface area contributed by atoms with Crippen LogP contribution in [0.3, 0.4) is 0 Å². The molecule has 0 fully saturated rings. The second-order valence-electron chi connectivity index (χ2n) is 5.02. The van der Waals surface area contributed by atoms with Crippen molar-refractivity contribution in [2.75, 3.05) is 5.32 Å². The van der Waals surface area contributed by atoms with E-state index in [4.69, 9.17) is 0 Å². The lowest BCUT2D eigenvalue weighted by Crippen LogP contribution is -2.41. The van der Waals surface area contributed by atoms with E-state index in [2.05, 4.69) is 15.5 Å². The molecule has 2 amide bonds. The molecule has 1 atom stereocenters. The van der Waals surface area contributed by atoms with Crippen molar-refractivity contribution in [1.82, 2.24) is 15.5 Å². The van der Waals surface area contributed by atoms with Crippen molar-refractivity contribution in [1.29, 1.82) is 0 Å². The van der Waals surface area contributed by atoms with Gasteiger partial charge in [0, 0.05) is 0 Å². The molecule has 5 nitrogen and oxygen atoms in total. The van der Waals surface area contributed by atoms with Crippen molar-refractivity contribution >= 4 is 11.7 Å². The Labute approximate surface area is 133 Å². The fourth-order valence-corrected chi connectivity index (χ4v) is 2.12. The van der Waals surface area contributed by atoms with E-state index in [1.807, 2.05) is 0 Å². The van der Waals surface area contributed by atoms with E-state index in [1.165, 1.54) is 6.92 Å². The summed E-state index contributed by atoms with van der Waals surface area (Å²) < 4.78 is 66.8. The number of anilines is 1. The van der Waals surface area contributed by atoms with Crippen molar-refractivity contribution in [3.63, 3.8) is 0 Å². The number of rotatable bonds is 3. The first-order valence-corrected chi connectivity index (χ1v) is 6.71. The van der Waals surface area contributed by atoms with Crippen molar-refractivity contribution in [2.45, 2.75) is 26.1 Å². The van der Waals surface area contributed by atoms with Gasteiger partial charge >= 0.3 is 12.2 Å². The van der Waals surface area contributed by atoms with Crippen LogP contribution in [-0.4, -0.2) is 22.4 Å². The van der Waals surface area contributed by atoms with Gasteiger partial charge in [0.05, 0.1) is 22.6 Å². The summed E-state index contributed by atoms with van der Waals surface area (Å²) in [6.07, 6.45) is -5.10. The molecule has 0 aliphatic heterocycles. The van der Waals surface area contributed by atoms with Crippen LogP contribution in [0.25, 0.3) is 0 Å². The Balaban J connectivity index is 2.29. The van der Waals surface area contributed by atoms with Gasteiger partial charge in [0.15, 0.2) is 6.04 Å². The Bertz CT molecular complexity index is 716. The van der Waals surface area contributed by atoms with Crippen LogP contribution in [0.1, 0.15) is 23.0 Å². The van der Waals surface area contributed by atoms with Crippen LogP contribution < -0.4 is 10.6 Å². The molecular weight excluding hydrogens is 335 g/mol. The normalized spacial score (nSPS) is 12.8. The standard InChI is InChI=1S/C14H13F5N4O/c1-6-11(7(2)23-22-6)20-13(24)21-12(14(17,18)19)10-8(15)4-3-5-9(10)16/h3-5,12H,1-2H3,(H,22,23)(H2,20,21,24)/t12-/m0/s1. The summed E-state index contributed by atoms with van der Waals surface area (Å²) in [5.74, 6) is -2.82. The van der Waals surface area contributed by atoms with Crippen LogP contribution in [0.4, 0.5) is 32.4 Å². The lowest BCUT2D eigenvalue weighted by atomic mass is 10.1. The Morgan fingerprint density at radius 2 is 1.79 bits per heavy atom. The molecule has 2 rings (SSSR count). The SMILES string of the molecule is Cc1n[nH]c(C)c1NC(=O)N[C@@H](c1c(F)cccc1F)C(F)(F)F. The van der Waals surface area contributed by atoms with E-state index in [0.717, 1.165) is 6.07 Å². The number of nitrogens with one attached hydrogen (secondary N) is 3. The number of alkyl halides is 3. The third kappa shape index (κ3) is 3.63. The van der Waals surface area contributed by atoms with Crippen LogP contribution >= 0.6 is 0 Å². The summed E-state index contributed by atoms with van der Waals surface area (Å²) in [5.41, 5.74) is -0.324. The van der Waals surface area contributed by atoms with Gasteiger partial charge in [0.25, 0.3) is 0 Å². The quantitative estimate of drug-likeness (QED) is 0.740. The van der Waals surface area contributed by atoms with Gasteiger partial charge in [-0.1, -0.05) is 6.07 Å². The number of aromatic nitrogens is 2. The van der Waals surface area contributed by atoms with E-state index >= 15 is 0 Å². The molecule has 1 aromatic carbocycles. The number of hydrogen-bond donors (Lipinski definition) is 3. The summed E-state index contributed by atoms with van der Waals surface area (Å²) in [6.45, 7) is 3.07. The monoisotopic (exact) mass is 348 g/mol. The molecule has 0 saturated heterocycles. The number of hydrogen-bond acceptors (Lipinski definition) is 2. The molecule has 3 N–H and O–H groups in total. The topological polar surface area (TPSA) is 69.8 Å². The largest absolute Gasteiger partial charge is 0.413 e. The van der Waals surface area contributed by atoms with Crippen LogP contribution in [0.5, 0.6) is 0 Å². The number of halogens is 5. The Hall–Kier alpha value is -2.65. The highest BCUT2D eigenvalue weighted by atomic mass is 19.4. The van der Waals surface area contributed by atoms with E-state index in [1.54, 1.807) is 12.2 Å². The zero-order chi connectivity index (χ0) is 18.1. The maximum Gasteiger partial charge on any atom is 0.413 e. The van der Waals surface area contributed by atoms with E-state index in [0.29, 0.717) is 23.5 Å². The van der Waals surface area contributed by atoms with Gasteiger partial charge in [-0.3, -0.25) is 5.10 Å². The second-order valence-corrected chi connectivity index (χ2v) is 5.02. The summed E-state index contributed by atoms with van der Waals surface area (Å²) in [7, 11) is 0. The molecule has 0 aliphatic rings. The van der Waals surface area contributed by atoms with Gasteiger partial charge < -0.3 is 10.6 Å². The molecule has 0 radical (unpaired) electrons. The predicted molar refractivity (Wildman–Crippen MR) is 75.4 cm³/mol. The van der Waals surface area contributed by atoms with E-state index in [-0.39, 0.29) is 5.69 Å². The minimum Gasteiger partial charge on any atom is -0.322 e. The van der Waals surface area contributed by atoms with Crippen LogP contribution in [0.2, 0.25) is 0 Å². The molecule has 1 aromatic heterocycles. The average Bonchev–Trinajstić information content (AvgIpc) is 2.77. The average molecular weight is 348 g/mol. The Morgan fingerprint density at radius 1 is 1.21 bits per heavy atom. The molecule has 24 heavy (non-hydrogen) atoms. The van der Waals surface area contributed by atoms with Gasteiger partial charge in [-0.05, 0) is 26.0 Å². The smallest absolute Gasteiger partial charge is 0.322 e. The maximum absolute atomic E-state index is 13.7. The molecule has 10 heteroatoms. The van der Waals surface area contributed by atoms with Crippen LogP contribution in [-0.2, 0) is 0 Å². The van der Waals surface area contributed by atoms with Gasteiger partial charge in [-0.15, -0.1) is 0 Å². The Morgan fingerprint density at radius 3 is 2.25 bits per heavy atom. The molecule has 0 bridgehead atoms. The third-order valence-electron chi connectivity index (χ3n) is 3.26. The highest BCUT2D eigenvalue weighted by Crippen LogP contribution is 2.35. The fraction of sp³-hybridized carbons (Fsp3) is 0.286. The highest BCUT2D eigenvalue weighted by Gasteiger charge is 2.45. The Kier molecular flexibility index (Phi) is 4.76. The number of carbonyl (C=O) groups is 1. The predicted octanol–water partition coefficient (Wildman–Crippen LogP) is 3.73. The number of nitrogens with zero attached hydrogens (tertiary/aromatic N) is 1. The molecule has 130 valence electrons. The summed E-state index contributed by atoms with van der Waals surface area (Å²) >= 11 is 0. The van der Waals surface area contributed by atoms with E-state index < -0.39 is 35.4 Å². The highest BCUT2D eigenvalue weighted by molar-refractivity contribution is 5.90. The van der Waals surface area contributed by atoms with Crippen molar-refractivity contribution in [3.8, 4) is 0 Å². The number of urea groups is 1. The number of aryl methyl sites for hydroxylation is 2. The minimum absolute atomic E-state index is 0.183. The maximum atomic E-state index is 13.7. The number of carbonyl (C=O) groups excluding carboxylic acids is 1. The van der Waals surface area contributed by atoms with Gasteiger partial charge in [-0.2, -0.15) is 18.3 Å². The van der Waals surface area contributed by atoms with E-state index in [9.17, 15) is 26.7 Å². The first-order valence-electron chi connectivity index (χ1n) is 6.71. The lowest BCUT2D eigenvalue weighted by Gasteiger charge is -2.23. The lowest BCUT2D eigenvalue weighted by molar-refractivity contribution is -0.155. The molecular formula is C14H13F5N4O. The van der Waals surface area contributed by atoms with Gasteiger partial charge in [-0.25, -0.2) is 13.6 Å². The zero-order valence-corrected chi connectivity index (χ0v) is 12.6. The first kappa shape index (κ1) is 17.7. The van der Waals surface area contributed by atoms with Crippen molar-refractivity contribution in [2.24, 2.45) is 0 Å². The van der Waals surface area contributed by atoms with Crippen molar-refractivity contribution in [3.05, 3.63) is 46.8 Å². The molecule has 2 aromatic rings. The summed E-state index contributed by atoms with van der Waals surface area (Å²) in [4.78, 5) is 11.9. The molecule has 0 unspecified atom stereocenters. The van der Waals surface area contributed by atoms with Crippen LogP contribution in [0, 0.1) is 25.5 Å².